The predicted octanol–water partition coefficient (Wildman–Crippen LogP) is 3.73. The summed E-state index contributed by atoms with van der Waals surface area (Å²) >= 11 is 1.18. The van der Waals surface area contributed by atoms with Crippen LogP contribution in [0.25, 0.3) is 11.4 Å². The highest BCUT2D eigenvalue weighted by atomic mass is 32.2. The average molecular weight is 383 g/mol. The molecule has 9 heteroatoms. The van der Waals surface area contributed by atoms with Gasteiger partial charge in [0, 0.05) is 22.9 Å². The molecule has 1 amide bonds. The number of anilines is 1. The number of nitro groups is 1. The molecule has 8 nitrogen and oxygen atoms in total. The third-order valence-corrected chi connectivity index (χ3v) is 4.73. The van der Waals surface area contributed by atoms with E-state index in [0.717, 1.165) is 11.1 Å². The molecular formula is C18H17N5O3S. The number of aromatic amines is 1. The Labute approximate surface area is 159 Å². The summed E-state index contributed by atoms with van der Waals surface area (Å²) in [6, 6.07) is 12.4. The topological polar surface area (TPSA) is 114 Å². The monoisotopic (exact) mass is 383 g/mol. The maximum Gasteiger partial charge on any atom is 0.274 e. The number of hydrogen-bond acceptors (Lipinski definition) is 6. The number of nitrogens with zero attached hydrogens (tertiary/aromatic N) is 3. The van der Waals surface area contributed by atoms with Crippen molar-refractivity contribution in [2.75, 3.05) is 11.1 Å². The van der Waals surface area contributed by atoms with Crippen molar-refractivity contribution >= 4 is 29.0 Å². The van der Waals surface area contributed by atoms with Crippen molar-refractivity contribution in [3.8, 4) is 11.4 Å². The molecule has 0 atom stereocenters. The summed E-state index contributed by atoms with van der Waals surface area (Å²) in [7, 11) is 0. The maximum absolute atomic E-state index is 12.1. The SMILES string of the molecule is Cc1ccccc1-c1nc(SCC(=O)Nc2ccc(C)c([N+](=O)[O-])c2)n[nH]1. The first-order valence-electron chi connectivity index (χ1n) is 8.10. The van der Waals surface area contributed by atoms with Gasteiger partial charge in [-0.3, -0.25) is 20.0 Å². The summed E-state index contributed by atoms with van der Waals surface area (Å²) in [6.45, 7) is 3.63. The Morgan fingerprint density at radius 1 is 1.22 bits per heavy atom. The molecule has 3 aromatic rings. The van der Waals surface area contributed by atoms with E-state index in [4.69, 9.17) is 0 Å². The van der Waals surface area contributed by atoms with Gasteiger partial charge in [0.25, 0.3) is 5.69 Å². The van der Waals surface area contributed by atoms with E-state index in [2.05, 4.69) is 20.5 Å². The van der Waals surface area contributed by atoms with Crippen molar-refractivity contribution in [1.82, 2.24) is 15.2 Å². The fourth-order valence-electron chi connectivity index (χ4n) is 2.48. The lowest BCUT2D eigenvalue weighted by Crippen LogP contribution is -2.14. The lowest BCUT2D eigenvalue weighted by atomic mass is 10.1. The highest BCUT2D eigenvalue weighted by molar-refractivity contribution is 7.99. The van der Waals surface area contributed by atoms with E-state index in [-0.39, 0.29) is 17.3 Å². The summed E-state index contributed by atoms with van der Waals surface area (Å²) < 4.78 is 0. The van der Waals surface area contributed by atoms with Crippen LogP contribution in [0.15, 0.2) is 47.6 Å². The van der Waals surface area contributed by atoms with E-state index in [0.29, 0.717) is 22.2 Å². The number of carbonyl (C=O) groups is 1. The number of H-pyrrole nitrogens is 1. The van der Waals surface area contributed by atoms with Gasteiger partial charge in [0.15, 0.2) is 5.82 Å². The number of rotatable bonds is 6. The van der Waals surface area contributed by atoms with Crippen LogP contribution in [0.3, 0.4) is 0 Å². The number of benzene rings is 2. The van der Waals surface area contributed by atoms with E-state index in [1.165, 1.54) is 17.8 Å². The fourth-order valence-corrected chi connectivity index (χ4v) is 3.08. The molecule has 0 aliphatic rings. The summed E-state index contributed by atoms with van der Waals surface area (Å²) in [6.07, 6.45) is 0. The molecule has 1 heterocycles. The zero-order valence-corrected chi connectivity index (χ0v) is 15.5. The van der Waals surface area contributed by atoms with Crippen LogP contribution in [0, 0.1) is 24.0 Å². The van der Waals surface area contributed by atoms with Gasteiger partial charge >= 0.3 is 0 Å². The zero-order chi connectivity index (χ0) is 19.4. The normalized spacial score (nSPS) is 10.6. The molecule has 138 valence electrons. The second-order valence-electron chi connectivity index (χ2n) is 5.88. The van der Waals surface area contributed by atoms with Crippen LogP contribution >= 0.6 is 11.8 Å². The van der Waals surface area contributed by atoms with Crippen LogP contribution in [0.4, 0.5) is 11.4 Å². The Kier molecular flexibility index (Phi) is 5.51. The Morgan fingerprint density at radius 3 is 2.74 bits per heavy atom. The minimum absolute atomic E-state index is 0.0303. The maximum atomic E-state index is 12.1. The Balaban J connectivity index is 1.61. The van der Waals surface area contributed by atoms with Gasteiger partial charge in [0.2, 0.25) is 11.1 Å². The van der Waals surface area contributed by atoms with Gasteiger partial charge in [-0.25, -0.2) is 4.98 Å². The van der Waals surface area contributed by atoms with E-state index in [9.17, 15) is 14.9 Å². The number of hydrogen-bond donors (Lipinski definition) is 2. The highest BCUT2D eigenvalue weighted by Crippen LogP contribution is 2.24. The summed E-state index contributed by atoms with van der Waals surface area (Å²) in [5, 5.41) is 21.1. The zero-order valence-electron chi connectivity index (χ0n) is 14.7. The first kappa shape index (κ1) is 18.6. The quantitative estimate of drug-likeness (QED) is 0.381. The van der Waals surface area contributed by atoms with Gasteiger partial charge in [-0.15, -0.1) is 5.10 Å². The number of thioether (sulfide) groups is 1. The van der Waals surface area contributed by atoms with Crippen LogP contribution in [0.5, 0.6) is 0 Å². The Hall–Kier alpha value is -3.20. The number of carbonyl (C=O) groups excluding carboxylic acids is 1. The van der Waals surface area contributed by atoms with Gasteiger partial charge in [-0.2, -0.15) is 0 Å². The van der Waals surface area contributed by atoms with E-state index in [1.807, 2.05) is 31.2 Å². The minimum Gasteiger partial charge on any atom is -0.325 e. The van der Waals surface area contributed by atoms with Gasteiger partial charge in [0.05, 0.1) is 10.7 Å². The summed E-state index contributed by atoms with van der Waals surface area (Å²) in [4.78, 5) is 27.0. The molecule has 3 rings (SSSR count). The summed E-state index contributed by atoms with van der Waals surface area (Å²) in [5.74, 6) is 0.442. The molecular weight excluding hydrogens is 366 g/mol. The average Bonchev–Trinajstić information content (AvgIpc) is 3.10. The van der Waals surface area contributed by atoms with Crippen molar-refractivity contribution in [2.24, 2.45) is 0 Å². The molecule has 27 heavy (non-hydrogen) atoms. The molecule has 0 fully saturated rings. The van der Waals surface area contributed by atoms with E-state index in [1.54, 1.807) is 19.1 Å². The van der Waals surface area contributed by atoms with Crippen LogP contribution in [0.2, 0.25) is 0 Å². The second kappa shape index (κ2) is 8.00. The predicted molar refractivity (Wildman–Crippen MR) is 104 cm³/mol. The highest BCUT2D eigenvalue weighted by Gasteiger charge is 2.14. The number of amides is 1. The second-order valence-corrected chi connectivity index (χ2v) is 6.82. The van der Waals surface area contributed by atoms with Crippen LogP contribution in [-0.2, 0) is 4.79 Å². The molecule has 0 aliphatic heterocycles. The molecule has 0 saturated carbocycles. The van der Waals surface area contributed by atoms with Gasteiger partial charge in [-0.05, 0) is 25.5 Å². The van der Waals surface area contributed by atoms with Crippen molar-refractivity contribution in [1.29, 1.82) is 0 Å². The Bertz CT molecular complexity index is 1000. The lowest BCUT2D eigenvalue weighted by Gasteiger charge is -2.05. The molecule has 0 aliphatic carbocycles. The molecule has 1 aromatic heterocycles. The van der Waals surface area contributed by atoms with Crippen molar-refractivity contribution < 1.29 is 9.72 Å². The van der Waals surface area contributed by atoms with Crippen molar-refractivity contribution in [3.05, 3.63) is 63.7 Å². The van der Waals surface area contributed by atoms with Crippen molar-refractivity contribution in [2.45, 2.75) is 19.0 Å². The van der Waals surface area contributed by atoms with Crippen LogP contribution in [-0.4, -0.2) is 31.8 Å². The van der Waals surface area contributed by atoms with Crippen LogP contribution in [0.1, 0.15) is 11.1 Å². The lowest BCUT2D eigenvalue weighted by molar-refractivity contribution is -0.385. The first-order chi connectivity index (χ1) is 12.9. The molecule has 0 radical (unpaired) electrons. The Morgan fingerprint density at radius 2 is 2.00 bits per heavy atom. The molecule has 2 aromatic carbocycles. The molecule has 0 saturated heterocycles. The fraction of sp³-hybridized carbons (Fsp3) is 0.167. The molecule has 0 unspecified atom stereocenters. The third-order valence-electron chi connectivity index (χ3n) is 3.89. The minimum atomic E-state index is -0.472. The first-order valence-corrected chi connectivity index (χ1v) is 9.08. The number of nitro benzene ring substituents is 1. The number of aryl methyl sites for hydroxylation is 2. The molecule has 0 spiro atoms. The molecule has 2 N–H and O–H groups in total. The van der Waals surface area contributed by atoms with Gasteiger partial charge in [-0.1, -0.05) is 42.1 Å². The van der Waals surface area contributed by atoms with E-state index < -0.39 is 4.92 Å². The standard InChI is InChI=1S/C18H17N5O3S/c1-11-5-3-4-6-14(11)17-20-18(22-21-17)27-10-16(24)19-13-8-7-12(2)15(9-13)23(25)26/h3-9H,10H2,1-2H3,(H,19,24)(H,20,21,22). The van der Waals surface area contributed by atoms with E-state index >= 15 is 0 Å². The molecule has 0 bridgehead atoms. The largest absolute Gasteiger partial charge is 0.325 e. The van der Waals surface area contributed by atoms with Crippen molar-refractivity contribution in [3.63, 3.8) is 0 Å². The summed E-state index contributed by atoms with van der Waals surface area (Å²) in [5.41, 5.74) is 2.92. The number of nitrogens with one attached hydrogen (secondary N) is 2. The van der Waals surface area contributed by atoms with Gasteiger partial charge in [0.1, 0.15) is 0 Å². The van der Waals surface area contributed by atoms with Crippen LogP contribution < -0.4 is 5.32 Å². The third kappa shape index (κ3) is 4.50. The van der Waals surface area contributed by atoms with Gasteiger partial charge < -0.3 is 5.32 Å². The number of aromatic nitrogens is 3. The smallest absolute Gasteiger partial charge is 0.274 e.